The fourth-order valence-corrected chi connectivity index (χ4v) is 5.13. The highest BCUT2D eigenvalue weighted by Gasteiger charge is 2.58. The smallest absolute Gasteiger partial charge is 0.356 e. The van der Waals surface area contributed by atoms with E-state index in [1.807, 2.05) is 0 Å². The largest absolute Gasteiger partial charge is 0.476 e. The van der Waals surface area contributed by atoms with Crippen LogP contribution in [0.25, 0.3) is 0 Å². The minimum Gasteiger partial charge on any atom is -0.476 e. The number of rotatable bonds is 6. The molecule has 3 rings (SSSR count). The summed E-state index contributed by atoms with van der Waals surface area (Å²) in [6, 6.07) is 7.59. The maximum absolute atomic E-state index is 12.5. The summed E-state index contributed by atoms with van der Waals surface area (Å²) >= 11 is 0. The molecule has 0 spiro atoms. The Balaban J connectivity index is 1.80. The van der Waals surface area contributed by atoms with Crippen molar-refractivity contribution in [2.24, 2.45) is 0 Å². The van der Waals surface area contributed by atoms with Crippen LogP contribution in [-0.4, -0.2) is 63.8 Å². The fourth-order valence-electron chi connectivity index (χ4n) is 3.00. The molecule has 0 bridgehead atoms. The van der Waals surface area contributed by atoms with E-state index in [1.165, 1.54) is 0 Å². The molecule has 0 aromatic heterocycles. The number of hydrogen-bond acceptors (Lipinski definition) is 7. The predicted molar refractivity (Wildman–Crippen MR) is 96.3 cm³/mol. The average Bonchev–Trinajstić information content (AvgIpc) is 2.58. The highest BCUT2D eigenvalue weighted by atomic mass is 32.2. The molecule has 0 saturated carbocycles. The van der Waals surface area contributed by atoms with Crippen LogP contribution in [0.15, 0.2) is 41.8 Å². The lowest BCUT2D eigenvalue weighted by atomic mass is 10.0. The lowest BCUT2D eigenvalue weighted by Crippen LogP contribution is -2.73. The lowest BCUT2D eigenvalue weighted by Gasteiger charge is -2.48. The molecule has 150 valence electrons. The topological polar surface area (TPSA) is 147 Å². The number of benzene rings is 1. The van der Waals surface area contributed by atoms with Gasteiger partial charge < -0.3 is 14.6 Å². The molecule has 1 fully saturated rings. The van der Waals surface area contributed by atoms with E-state index in [2.05, 4.69) is 9.50 Å². The van der Waals surface area contributed by atoms with E-state index >= 15 is 0 Å². The third kappa shape index (κ3) is 3.92. The number of β-lactam (4-membered cyclic amide) rings is 1. The van der Waals surface area contributed by atoms with Crippen LogP contribution in [0.2, 0.25) is 0 Å². The zero-order valence-corrected chi connectivity index (χ0v) is 16.2. The Morgan fingerprint density at radius 2 is 1.96 bits per heavy atom. The van der Waals surface area contributed by atoms with E-state index in [1.54, 1.807) is 30.3 Å². The zero-order chi connectivity index (χ0) is 20.6. The Hall–Kier alpha value is -2.73. The highest BCUT2D eigenvalue weighted by Crippen LogP contribution is 2.35. The first-order chi connectivity index (χ1) is 13.1. The van der Waals surface area contributed by atoms with E-state index in [-0.39, 0.29) is 6.42 Å². The Labute approximate surface area is 162 Å². The predicted octanol–water partition coefficient (Wildman–Crippen LogP) is -1.08. The molecular weight excluding hydrogens is 412 g/mol. The number of nitrogens with one attached hydrogen (secondary N) is 1. The second kappa shape index (κ2) is 7.36. The molecule has 2 aliphatic rings. The molecule has 1 saturated heterocycles. The third-order valence-electron chi connectivity index (χ3n) is 4.07. The molecule has 2 amide bonds. The molecule has 12 heteroatoms. The van der Waals surface area contributed by atoms with E-state index in [4.69, 9.17) is 0 Å². The average molecular weight is 428 g/mol. The molecule has 0 aliphatic carbocycles. The van der Waals surface area contributed by atoms with Crippen LogP contribution in [-0.2, 0) is 45.9 Å². The lowest BCUT2D eigenvalue weighted by molar-refractivity contribution is -0.151. The van der Waals surface area contributed by atoms with Gasteiger partial charge in [-0.05, 0) is 5.56 Å². The van der Waals surface area contributed by atoms with Crippen molar-refractivity contribution < 1.29 is 36.3 Å². The first-order valence-electron chi connectivity index (χ1n) is 7.98. The zero-order valence-electron chi connectivity index (χ0n) is 14.5. The summed E-state index contributed by atoms with van der Waals surface area (Å²) in [5.74, 6) is -3.96. The minimum atomic E-state index is -4.08. The van der Waals surface area contributed by atoms with Crippen LogP contribution in [0.4, 0.5) is 0 Å². The van der Waals surface area contributed by atoms with Crippen molar-refractivity contribution in [3.8, 4) is 0 Å². The van der Waals surface area contributed by atoms with Crippen molar-refractivity contribution in [3.63, 3.8) is 0 Å². The molecule has 1 aromatic carbocycles. The van der Waals surface area contributed by atoms with Crippen molar-refractivity contribution in [3.05, 3.63) is 47.4 Å². The second-order valence-electron chi connectivity index (χ2n) is 6.20. The molecule has 2 unspecified atom stereocenters. The number of amides is 2. The highest BCUT2D eigenvalue weighted by molar-refractivity contribution is 7.87. The van der Waals surface area contributed by atoms with Crippen LogP contribution in [0.5, 0.6) is 0 Å². The van der Waals surface area contributed by atoms with E-state index in [0.29, 0.717) is 16.7 Å². The van der Waals surface area contributed by atoms with Gasteiger partial charge in [-0.1, -0.05) is 30.3 Å². The summed E-state index contributed by atoms with van der Waals surface area (Å²) in [4.78, 5) is 36.9. The molecule has 2 N–H and O–H groups in total. The van der Waals surface area contributed by atoms with Crippen molar-refractivity contribution in [2.75, 3.05) is 12.0 Å². The Morgan fingerprint density at radius 3 is 2.54 bits per heavy atom. The molecule has 1 aromatic rings. The van der Waals surface area contributed by atoms with Crippen LogP contribution in [0.3, 0.4) is 0 Å². The maximum Gasteiger partial charge on any atom is 0.356 e. The normalized spacial score (nSPS) is 24.2. The van der Waals surface area contributed by atoms with E-state index in [9.17, 15) is 32.1 Å². The van der Waals surface area contributed by atoms with Gasteiger partial charge in [0.25, 0.3) is 5.91 Å². The maximum atomic E-state index is 12.5. The van der Waals surface area contributed by atoms with Gasteiger partial charge in [-0.15, -0.1) is 0 Å². The van der Waals surface area contributed by atoms with Gasteiger partial charge in [-0.3, -0.25) is 18.7 Å². The summed E-state index contributed by atoms with van der Waals surface area (Å²) in [6.45, 7) is 0. The molecule has 3 atom stereocenters. The number of carbonyl (C=O) groups excluding carboxylic acids is 2. The monoisotopic (exact) mass is 428 g/mol. The van der Waals surface area contributed by atoms with Gasteiger partial charge in [0.15, 0.2) is 11.5 Å². The van der Waals surface area contributed by atoms with Gasteiger partial charge in [0, 0.05) is 0 Å². The number of nitrogens with zero attached hydrogens (tertiary/aromatic N) is 1. The SMILES string of the molecule is CS(=O)(=O)OC1=C(C(=O)O)N2C(=O)C(NC(=O)Cc3ccccc3)[C@@H]2S(=O)C1. The Bertz CT molecular complexity index is 1000. The number of hydrogen-bond donors (Lipinski definition) is 2. The van der Waals surface area contributed by atoms with Crippen LogP contribution in [0.1, 0.15) is 5.56 Å². The number of carboxylic acid groups (broad SMARTS) is 1. The first-order valence-corrected chi connectivity index (χ1v) is 11.2. The van der Waals surface area contributed by atoms with Crippen molar-refractivity contribution in [2.45, 2.75) is 17.8 Å². The molecule has 2 aliphatic heterocycles. The van der Waals surface area contributed by atoms with Gasteiger partial charge in [0.05, 0.1) is 29.2 Å². The van der Waals surface area contributed by atoms with Gasteiger partial charge in [-0.25, -0.2) is 4.79 Å². The standard InChI is InChI=1S/C16H16N2O8S2/c1-28(24,25)26-10-8-27(23)15-12(14(20)18(15)13(10)16(21)22)17-11(19)7-9-5-3-2-4-6-9/h2-6,12,15H,7-8H2,1H3,(H,17,19)(H,21,22)/t12?,15-,27?/m0/s1. The first kappa shape index (κ1) is 20.0. The van der Waals surface area contributed by atoms with Gasteiger partial charge >= 0.3 is 16.1 Å². The molecule has 0 radical (unpaired) electrons. The fraction of sp³-hybridized carbons (Fsp3) is 0.312. The third-order valence-corrected chi connectivity index (χ3v) is 6.14. The number of carboxylic acids is 1. The Kier molecular flexibility index (Phi) is 5.26. The minimum absolute atomic E-state index is 0.00591. The summed E-state index contributed by atoms with van der Waals surface area (Å²) in [6.07, 6.45) is 0.701. The van der Waals surface area contributed by atoms with Crippen LogP contribution < -0.4 is 5.32 Å². The van der Waals surface area contributed by atoms with E-state index in [0.717, 1.165) is 0 Å². The number of carbonyl (C=O) groups is 3. The second-order valence-corrected chi connectivity index (χ2v) is 9.30. The summed E-state index contributed by atoms with van der Waals surface area (Å²) < 4.78 is 39.8. The number of aliphatic carboxylic acids is 1. The summed E-state index contributed by atoms with van der Waals surface area (Å²) in [5.41, 5.74) is 0.0249. The molecule has 28 heavy (non-hydrogen) atoms. The van der Waals surface area contributed by atoms with Crippen LogP contribution >= 0.6 is 0 Å². The summed E-state index contributed by atoms with van der Waals surface area (Å²) in [7, 11) is -5.94. The van der Waals surface area contributed by atoms with E-state index < -0.39 is 67.3 Å². The van der Waals surface area contributed by atoms with Gasteiger partial charge in [0.1, 0.15) is 11.4 Å². The van der Waals surface area contributed by atoms with Crippen LogP contribution in [0, 0.1) is 0 Å². The molecule has 2 heterocycles. The van der Waals surface area contributed by atoms with Crippen molar-refractivity contribution in [1.29, 1.82) is 0 Å². The summed E-state index contributed by atoms with van der Waals surface area (Å²) in [5, 5.41) is 10.7. The quantitative estimate of drug-likeness (QED) is 0.429. The van der Waals surface area contributed by atoms with Gasteiger partial charge in [-0.2, -0.15) is 8.42 Å². The van der Waals surface area contributed by atoms with Crippen molar-refractivity contribution in [1.82, 2.24) is 10.2 Å². The number of fused-ring (bicyclic) bond motifs is 1. The molecule has 10 nitrogen and oxygen atoms in total. The van der Waals surface area contributed by atoms with Crippen molar-refractivity contribution >= 4 is 38.7 Å². The Morgan fingerprint density at radius 1 is 1.32 bits per heavy atom. The molecular formula is C16H16N2O8S2. The van der Waals surface area contributed by atoms with Gasteiger partial charge in [0.2, 0.25) is 5.91 Å².